The van der Waals surface area contributed by atoms with Gasteiger partial charge in [0.05, 0.1) is 16.5 Å². The zero-order valence-corrected chi connectivity index (χ0v) is 14.9. The SMILES string of the molecule is CN1CCc2nc(NC(=O)Cn3[nH]c(=O)c4ccccc4c3=O)sc2C1. The summed E-state index contributed by atoms with van der Waals surface area (Å²) in [5, 5.41) is 6.30. The van der Waals surface area contributed by atoms with Gasteiger partial charge < -0.3 is 10.2 Å². The van der Waals surface area contributed by atoms with Crippen LogP contribution in [0.1, 0.15) is 10.6 Å². The molecule has 1 aliphatic heterocycles. The maximum absolute atomic E-state index is 12.5. The second kappa shape index (κ2) is 6.50. The van der Waals surface area contributed by atoms with E-state index >= 15 is 0 Å². The number of carbonyl (C=O) groups is 1. The molecule has 26 heavy (non-hydrogen) atoms. The number of likely N-dealkylation sites (N-methyl/N-ethyl adjacent to an activating group) is 1. The highest BCUT2D eigenvalue weighted by Gasteiger charge is 2.19. The van der Waals surface area contributed by atoms with E-state index in [1.807, 2.05) is 7.05 Å². The van der Waals surface area contributed by atoms with Crippen molar-refractivity contribution in [1.82, 2.24) is 19.7 Å². The summed E-state index contributed by atoms with van der Waals surface area (Å²) in [6.45, 7) is 1.49. The average molecular weight is 371 g/mol. The van der Waals surface area contributed by atoms with Gasteiger partial charge in [-0.05, 0) is 19.2 Å². The van der Waals surface area contributed by atoms with Crippen molar-refractivity contribution < 1.29 is 4.79 Å². The normalized spacial score (nSPS) is 14.3. The molecule has 0 aliphatic carbocycles. The van der Waals surface area contributed by atoms with Crippen molar-refractivity contribution in [1.29, 1.82) is 0 Å². The van der Waals surface area contributed by atoms with E-state index in [9.17, 15) is 14.4 Å². The van der Waals surface area contributed by atoms with Crippen LogP contribution >= 0.6 is 11.3 Å². The predicted molar refractivity (Wildman–Crippen MR) is 99.6 cm³/mol. The molecule has 3 aromatic rings. The number of nitrogens with one attached hydrogen (secondary N) is 2. The van der Waals surface area contributed by atoms with Crippen LogP contribution in [0.15, 0.2) is 33.9 Å². The summed E-state index contributed by atoms with van der Waals surface area (Å²) in [6, 6.07) is 6.53. The molecule has 0 saturated carbocycles. The van der Waals surface area contributed by atoms with Gasteiger partial charge in [0.15, 0.2) is 5.13 Å². The fourth-order valence-corrected chi connectivity index (χ4v) is 4.14. The Bertz CT molecular complexity index is 1110. The minimum Gasteiger partial charge on any atom is -0.301 e. The first-order chi connectivity index (χ1) is 12.5. The first-order valence-corrected chi connectivity index (χ1v) is 9.02. The van der Waals surface area contributed by atoms with Gasteiger partial charge in [0.1, 0.15) is 6.54 Å². The average Bonchev–Trinajstić information content (AvgIpc) is 3.00. The minimum absolute atomic E-state index is 0.275. The fourth-order valence-electron chi connectivity index (χ4n) is 3.04. The molecule has 134 valence electrons. The molecule has 0 fully saturated rings. The molecule has 1 aliphatic rings. The van der Waals surface area contributed by atoms with Crippen LogP contribution in [0.3, 0.4) is 0 Å². The molecule has 8 nitrogen and oxygen atoms in total. The largest absolute Gasteiger partial charge is 0.301 e. The van der Waals surface area contributed by atoms with Gasteiger partial charge in [-0.25, -0.2) is 9.67 Å². The molecule has 0 saturated heterocycles. The smallest absolute Gasteiger partial charge is 0.273 e. The molecule has 0 spiro atoms. The number of amides is 1. The van der Waals surface area contributed by atoms with E-state index in [0.717, 1.165) is 34.8 Å². The fraction of sp³-hybridized carbons (Fsp3) is 0.294. The first-order valence-electron chi connectivity index (χ1n) is 8.20. The Balaban J connectivity index is 1.56. The summed E-state index contributed by atoms with van der Waals surface area (Å²) in [5.74, 6) is -0.405. The lowest BCUT2D eigenvalue weighted by molar-refractivity contribution is -0.117. The van der Waals surface area contributed by atoms with Crippen LogP contribution in [0.5, 0.6) is 0 Å². The number of aromatic nitrogens is 3. The molecule has 9 heteroatoms. The van der Waals surface area contributed by atoms with Gasteiger partial charge in [-0.2, -0.15) is 0 Å². The van der Waals surface area contributed by atoms with Crippen LogP contribution in [-0.4, -0.2) is 39.2 Å². The number of thiazole rings is 1. The lowest BCUT2D eigenvalue weighted by Crippen LogP contribution is -2.34. The number of fused-ring (bicyclic) bond motifs is 2. The molecule has 3 heterocycles. The Kier molecular flexibility index (Phi) is 4.17. The molecule has 0 bridgehead atoms. The number of benzene rings is 1. The van der Waals surface area contributed by atoms with Crippen LogP contribution < -0.4 is 16.4 Å². The maximum atomic E-state index is 12.5. The van der Waals surface area contributed by atoms with Crippen molar-refractivity contribution in [3.05, 3.63) is 55.5 Å². The molecule has 0 radical (unpaired) electrons. The Morgan fingerprint density at radius 1 is 1.31 bits per heavy atom. The Morgan fingerprint density at radius 3 is 2.88 bits per heavy atom. The monoisotopic (exact) mass is 371 g/mol. The van der Waals surface area contributed by atoms with Crippen molar-refractivity contribution >= 4 is 33.1 Å². The van der Waals surface area contributed by atoms with Gasteiger partial charge in [-0.15, -0.1) is 11.3 Å². The van der Waals surface area contributed by atoms with E-state index in [1.54, 1.807) is 24.3 Å². The molecule has 1 amide bonds. The number of H-pyrrole nitrogens is 1. The molecule has 2 N–H and O–H groups in total. The molecular formula is C17H17N5O3S. The van der Waals surface area contributed by atoms with Crippen molar-refractivity contribution in [2.75, 3.05) is 18.9 Å². The summed E-state index contributed by atoms with van der Waals surface area (Å²) in [4.78, 5) is 44.7. The minimum atomic E-state index is -0.407. The third kappa shape index (κ3) is 3.06. The Morgan fingerprint density at radius 2 is 2.08 bits per heavy atom. The quantitative estimate of drug-likeness (QED) is 0.708. The van der Waals surface area contributed by atoms with E-state index in [0.29, 0.717) is 10.5 Å². The molecule has 4 rings (SSSR count). The van der Waals surface area contributed by atoms with Gasteiger partial charge >= 0.3 is 0 Å². The van der Waals surface area contributed by atoms with Gasteiger partial charge in [0, 0.05) is 24.4 Å². The van der Waals surface area contributed by atoms with Crippen molar-refractivity contribution in [3.8, 4) is 0 Å². The molecule has 1 aromatic carbocycles. The zero-order valence-electron chi connectivity index (χ0n) is 14.1. The van der Waals surface area contributed by atoms with Crippen LogP contribution in [0, 0.1) is 0 Å². The van der Waals surface area contributed by atoms with E-state index in [-0.39, 0.29) is 11.9 Å². The summed E-state index contributed by atoms with van der Waals surface area (Å²) >= 11 is 1.44. The van der Waals surface area contributed by atoms with Crippen LogP contribution in [-0.2, 0) is 24.3 Å². The lowest BCUT2D eigenvalue weighted by Gasteiger charge is -2.20. The molecular weight excluding hydrogens is 354 g/mol. The molecule has 0 atom stereocenters. The number of aromatic amines is 1. The second-order valence-electron chi connectivity index (χ2n) is 6.30. The third-order valence-electron chi connectivity index (χ3n) is 4.35. The summed E-state index contributed by atoms with van der Waals surface area (Å²) in [6.07, 6.45) is 0.857. The highest BCUT2D eigenvalue weighted by Crippen LogP contribution is 2.27. The van der Waals surface area contributed by atoms with Crippen molar-refractivity contribution in [2.24, 2.45) is 0 Å². The number of nitrogens with zero attached hydrogens (tertiary/aromatic N) is 3. The van der Waals surface area contributed by atoms with Crippen LogP contribution in [0.25, 0.3) is 10.8 Å². The van der Waals surface area contributed by atoms with E-state index in [1.165, 1.54) is 11.3 Å². The second-order valence-corrected chi connectivity index (χ2v) is 7.39. The van der Waals surface area contributed by atoms with Crippen LogP contribution in [0.2, 0.25) is 0 Å². The Labute approximate surface area is 152 Å². The standard InChI is InChI=1S/C17H17N5O3S/c1-21-7-6-12-13(8-21)26-17(18-12)19-14(23)9-22-16(25)11-5-3-2-4-10(11)15(24)20-22/h2-5H,6-9H2,1H3,(H,20,24)(H,18,19,23). The summed E-state index contributed by atoms with van der Waals surface area (Å²) in [5.41, 5.74) is 0.204. The highest BCUT2D eigenvalue weighted by atomic mass is 32.1. The third-order valence-corrected chi connectivity index (χ3v) is 5.35. The van der Waals surface area contributed by atoms with Gasteiger partial charge in [0.2, 0.25) is 5.91 Å². The van der Waals surface area contributed by atoms with Gasteiger partial charge in [-0.3, -0.25) is 19.5 Å². The molecule has 2 aromatic heterocycles. The topological polar surface area (TPSA) is 100 Å². The number of hydrogen-bond donors (Lipinski definition) is 2. The van der Waals surface area contributed by atoms with Crippen molar-refractivity contribution in [2.45, 2.75) is 19.5 Å². The van der Waals surface area contributed by atoms with Crippen molar-refractivity contribution in [3.63, 3.8) is 0 Å². The predicted octanol–water partition coefficient (Wildman–Crippen LogP) is 0.773. The number of anilines is 1. The van der Waals surface area contributed by atoms with E-state index < -0.39 is 17.0 Å². The first kappa shape index (κ1) is 16.7. The maximum Gasteiger partial charge on any atom is 0.273 e. The number of rotatable bonds is 3. The van der Waals surface area contributed by atoms with Crippen LogP contribution in [0.4, 0.5) is 5.13 Å². The lowest BCUT2D eigenvalue weighted by atomic mass is 10.2. The van der Waals surface area contributed by atoms with E-state index in [2.05, 4.69) is 20.3 Å². The van der Waals surface area contributed by atoms with Gasteiger partial charge in [0.25, 0.3) is 11.1 Å². The van der Waals surface area contributed by atoms with Gasteiger partial charge in [-0.1, -0.05) is 12.1 Å². The number of carbonyl (C=O) groups excluding carboxylic acids is 1. The summed E-state index contributed by atoms with van der Waals surface area (Å²) < 4.78 is 1.03. The van der Waals surface area contributed by atoms with E-state index in [4.69, 9.17) is 0 Å². The molecule has 0 unspecified atom stereocenters. The number of hydrogen-bond acceptors (Lipinski definition) is 6. The summed E-state index contributed by atoms with van der Waals surface area (Å²) in [7, 11) is 2.05. The zero-order chi connectivity index (χ0) is 18.3. The highest BCUT2D eigenvalue weighted by molar-refractivity contribution is 7.15. The Hall–Kier alpha value is -2.78.